The molecule has 31 heavy (non-hydrogen) atoms. The summed E-state index contributed by atoms with van der Waals surface area (Å²) in [4.78, 5) is 24.9. The molecule has 0 aliphatic heterocycles. The fourth-order valence-corrected chi connectivity index (χ4v) is 3.55. The molecule has 0 aromatic heterocycles. The Morgan fingerprint density at radius 1 is 1.03 bits per heavy atom. The number of nitrogens with one attached hydrogen (secondary N) is 3. The fraction of sp³-hybridized carbons (Fsp3) is 0.333. The van der Waals surface area contributed by atoms with E-state index >= 15 is 0 Å². The minimum absolute atomic E-state index is 0.0287. The second-order valence-corrected chi connectivity index (χ2v) is 8.72. The highest BCUT2D eigenvalue weighted by molar-refractivity contribution is 7.89. The maximum atomic E-state index is 12.5. The molecular weight excluding hydrogens is 422 g/mol. The van der Waals surface area contributed by atoms with Gasteiger partial charge in [-0.25, -0.2) is 13.1 Å². The Morgan fingerprint density at radius 3 is 2.32 bits per heavy atom. The molecule has 0 heterocycles. The van der Waals surface area contributed by atoms with Gasteiger partial charge in [-0.2, -0.15) is 0 Å². The van der Waals surface area contributed by atoms with E-state index in [2.05, 4.69) is 15.4 Å². The molecule has 0 fully saturated rings. The summed E-state index contributed by atoms with van der Waals surface area (Å²) in [5.41, 5.74) is 1.73. The van der Waals surface area contributed by atoms with Crippen LogP contribution in [0.4, 0.5) is 5.69 Å². The summed E-state index contributed by atoms with van der Waals surface area (Å²) in [6.07, 6.45) is 0.0485. The lowest BCUT2D eigenvalue weighted by molar-refractivity contribution is -0.125. The van der Waals surface area contributed by atoms with Gasteiger partial charge < -0.3 is 20.1 Å². The molecule has 1 atom stereocenters. The van der Waals surface area contributed by atoms with E-state index in [-0.39, 0.29) is 17.2 Å². The van der Waals surface area contributed by atoms with Gasteiger partial charge in [0.1, 0.15) is 6.04 Å². The molecule has 168 valence electrons. The van der Waals surface area contributed by atoms with Crippen molar-refractivity contribution in [2.75, 3.05) is 26.6 Å². The van der Waals surface area contributed by atoms with Crippen molar-refractivity contribution in [1.82, 2.24) is 10.0 Å². The highest BCUT2D eigenvalue weighted by atomic mass is 32.2. The predicted octanol–water partition coefficient (Wildman–Crippen LogP) is 1.61. The van der Waals surface area contributed by atoms with Crippen LogP contribution in [0.2, 0.25) is 0 Å². The fourth-order valence-electron chi connectivity index (χ4n) is 2.80. The van der Waals surface area contributed by atoms with Crippen LogP contribution in [0.5, 0.6) is 11.5 Å². The maximum Gasteiger partial charge on any atom is 0.246 e. The van der Waals surface area contributed by atoms with Gasteiger partial charge in [0.15, 0.2) is 11.5 Å². The first kappa shape index (κ1) is 24.2. The van der Waals surface area contributed by atoms with Crippen LogP contribution in [0.1, 0.15) is 18.1 Å². The zero-order valence-electron chi connectivity index (χ0n) is 18.1. The summed E-state index contributed by atoms with van der Waals surface area (Å²) >= 11 is 0. The third-order valence-electron chi connectivity index (χ3n) is 4.63. The molecule has 2 aromatic carbocycles. The SMILES string of the molecule is CNS(=O)(=O)c1ccc(C)c(NC(=O)[C@@H](C)NC(=O)Cc2ccc(OC)c(OC)c2)c1. The molecule has 3 N–H and O–H groups in total. The number of sulfonamides is 1. The van der Waals surface area contributed by atoms with Crippen LogP contribution in [0, 0.1) is 6.92 Å². The minimum atomic E-state index is -3.65. The summed E-state index contributed by atoms with van der Waals surface area (Å²) in [5.74, 6) is 0.239. The summed E-state index contributed by atoms with van der Waals surface area (Å²) in [5, 5.41) is 5.30. The van der Waals surface area contributed by atoms with E-state index in [0.717, 1.165) is 0 Å². The summed E-state index contributed by atoms with van der Waals surface area (Å²) in [6, 6.07) is 8.72. The quantitative estimate of drug-likeness (QED) is 0.535. The van der Waals surface area contributed by atoms with Crippen molar-refractivity contribution in [1.29, 1.82) is 0 Å². The molecule has 0 saturated heterocycles. The predicted molar refractivity (Wildman–Crippen MR) is 117 cm³/mol. The second kappa shape index (κ2) is 10.3. The van der Waals surface area contributed by atoms with Crippen molar-refractivity contribution >= 4 is 27.5 Å². The first-order valence-corrected chi connectivity index (χ1v) is 10.9. The number of hydrogen-bond donors (Lipinski definition) is 3. The highest BCUT2D eigenvalue weighted by Crippen LogP contribution is 2.27. The Labute approximate surface area is 182 Å². The van der Waals surface area contributed by atoms with Crippen LogP contribution < -0.4 is 24.8 Å². The molecule has 0 bridgehead atoms. The number of hydrogen-bond acceptors (Lipinski definition) is 6. The summed E-state index contributed by atoms with van der Waals surface area (Å²) in [7, 11) is 0.692. The van der Waals surface area contributed by atoms with Gasteiger partial charge in [0.2, 0.25) is 21.8 Å². The Balaban J connectivity index is 2.04. The van der Waals surface area contributed by atoms with Crippen molar-refractivity contribution in [2.24, 2.45) is 0 Å². The van der Waals surface area contributed by atoms with Crippen molar-refractivity contribution in [2.45, 2.75) is 31.2 Å². The number of rotatable bonds is 9. The molecule has 0 aliphatic rings. The number of amides is 2. The van der Waals surface area contributed by atoms with Crippen molar-refractivity contribution in [3.63, 3.8) is 0 Å². The molecule has 9 nitrogen and oxygen atoms in total. The van der Waals surface area contributed by atoms with Crippen LogP contribution >= 0.6 is 0 Å². The first-order valence-electron chi connectivity index (χ1n) is 9.46. The van der Waals surface area contributed by atoms with Crippen LogP contribution in [-0.4, -0.2) is 47.5 Å². The molecule has 2 aromatic rings. The van der Waals surface area contributed by atoms with E-state index in [4.69, 9.17) is 9.47 Å². The standard InChI is InChI=1S/C21H27N3O6S/c1-13-6-8-16(31(27,28)22-3)12-17(13)24-21(26)14(2)23-20(25)11-15-7-9-18(29-4)19(10-15)30-5/h6-10,12,14,22H,11H2,1-5H3,(H,23,25)(H,24,26)/t14-/m1/s1. The largest absolute Gasteiger partial charge is 0.493 e. The van der Waals surface area contributed by atoms with Gasteiger partial charge >= 0.3 is 0 Å². The number of benzene rings is 2. The van der Waals surface area contributed by atoms with Gasteiger partial charge in [0, 0.05) is 5.69 Å². The second-order valence-electron chi connectivity index (χ2n) is 6.83. The van der Waals surface area contributed by atoms with E-state index in [1.54, 1.807) is 38.1 Å². The van der Waals surface area contributed by atoms with E-state index in [1.165, 1.54) is 33.4 Å². The zero-order valence-corrected chi connectivity index (χ0v) is 18.9. The van der Waals surface area contributed by atoms with E-state index in [1.807, 2.05) is 0 Å². The van der Waals surface area contributed by atoms with Gasteiger partial charge in [0.25, 0.3) is 0 Å². The zero-order chi connectivity index (χ0) is 23.2. The Hall–Kier alpha value is -3.11. The number of methoxy groups -OCH3 is 2. The smallest absolute Gasteiger partial charge is 0.246 e. The number of carbonyl (C=O) groups is 2. The van der Waals surface area contributed by atoms with Gasteiger partial charge in [-0.1, -0.05) is 12.1 Å². The molecule has 0 spiro atoms. The lowest BCUT2D eigenvalue weighted by atomic mass is 10.1. The Kier molecular flexibility index (Phi) is 8.01. The molecule has 0 aliphatic carbocycles. The minimum Gasteiger partial charge on any atom is -0.493 e. The molecule has 0 radical (unpaired) electrons. The molecule has 0 unspecified atom stereocenters. The monoisotopic (exact) mass is 449 g/mol. The lowest BCUT2D eigenvalue weighted by Crippen LogP contribution is -2.42. The highest BCUT2D eigenvalue weighted by Gasteiger charge is 2.19. The molecule has 2 amide bonds. The first-order chi connectivity index (χ1) is 14.6. The van der Waals surface area contributed by atoms with Gasteiger partial charge in [-0.15, -0.1) is 0 Å². The van der Waals surface area contributed by atoms with E-state index in [9.17, 15) is 18.0 Å². The lowest BCUT2D eigenvalue weighted by Gasteiger charge is -2.16. The number of ether oxygens (including phenoxy) is 2. The van der Waals surface area contributed by atoms with Gasteiger partial charge in [0.05, 0.1) is 25.5 Å². The average molecular weight is 450 g/mol. The number of anilines is 1. The topological polar surface area (TPSA) is 123 Å². The van der Waals surface area contributed by atoms with Crippen LogP contribution in [0.15, 0.2) is 41.3 Å². The third kappa shape index (κ3) is 6.19. The summed E-state index contributed by atoms with van der Waals surface area (Å²) < 4.78 is 36.6. The van der Waals surface area contributed by atoms with Gasteiger partial charge in [-0.3, -0.25) is 9.59 Å². The van der Waals surface area contributed by atoms with Crippen molar-refractivity contribution in [3.8, 4) is 11.5 Å². The Morgan fingerprint density at radius 2 is 1.71 bits per heavy atom. The molecule has 2 rings (SSSR count). The molecule has 0 saturated carbocycles. The molecule has 10 heteroatoms. The van der Waals surface area contributed by atoms with Crippen molar-refractivity contribution in [3.05, 3.63) is 47.5 Å². The third-order valence-corrected chi connectivity index (χ3v) is 6.04. The average Bonchev–Trinajstić information content (AvgIpc) is 2.74. The van der Waals surface area contributed by atoms with Crippen LogP contribution in [0.25, 0.3) is 0 Å². The van der Waals surface area contributed by atoms with Crippen molar-refractivity contribution < 1.29 is 27.5 Å². The van der Waals surface area contributed by atoms with E-state index < -0.39 is 22.0 Å². The maximum absolute atomic E-state index is 12.5. The van der Waals surface area contributed by atoms with Gasteiger partial charge in [-0.05, 0) is 56.3 Å². The number of aryl methyl sites for hydroxylation is 1. The van der Waals surface area contributed by atoms with Crippen LogP contribution in [0.3, 0.4) is 0 Å². The molecular formula is C21H27N3O6S. The Bertz CT molecular complexity index is 1070. The summed E-state index contributed by atoms with van der Waals surface area (Å²) in [6.45, 7) is 3.29. The van der Waals surface area contributed by atoms with Crippen LogP contribution in [-0.2, 0) is 26.0 Å². The normalized spacial score (nSPS) is 12.0. The number of carbonyl (C=O) groups excluding carboxylic acids is 2. The van der Waals surface area contributed by atoms with E-state index in [0.29, 0.717) is 28.3 Å².